The number of alkyl halides is 3. The van der Waals surface area contributed by atoms with E-state index < -0.39 is 11.7 Å². The third-order valence-electron chi connectivity index (χ3n) is 4.77. The van der Waals surface area contributed by atoms with E-state index in [1.807, 2.05) is 16.3 Å². The lowest BCUT2D eigenvalue weighted by Crippen LogP contribution is -2.30. The number of likely N-dealkylation sites (tertiary alicyclic amines) is 1. The molecule has 2 aromatic heterocycles. The number of hydrogen-bond donors (Lipinski definition) is 0. The number of aromatic nitrogens is 1. The van der Waals surface area contributed by atoms with Gasteiger partial charge in [-0.2, -0.15) is 13.2 Å². The average Bonchev–Trinajstić information content (AvgIpc) is 3.39. The molecule has 1 unspecified atom stereocenters. The Morgan fingerprint density at radius 2 is 1.93 bits per heavy atom. The Labute approximate surface area is 169 Å². The summed E-state index contributed by atoms with van der Waals surface area (Å²) in [6.45, 7) is 0.717. The first-order chi connectivity index (χ1) is 13.9. The number of carbonyl (C=O) groups is 1. The molecule has 0 N–H and O–H groups in total. The summed E-state index contributed by atoms with van der Waals surface area (Å²) in [4.78, 5) is 19.7. The van der Waals surface area contributed by atoms with Crippen molar-refractivity contribution in [3.63, 3.8) is 0 Å². The summed E-state index contributed by atoms with van der Waals surface area (Å²) < 4.78 is 43.3. The number of halogens is 3. The van der Waals surface area contributed by atoms with Crippen LogP contribution < -0.4 is 4.74 Å². The third kappa shape index (κ3) is 4.27. The highest BCUT2D eigenvalue weighted by Gasteiger charge is 2.32. The van der Waals surface area contributed by atoms with E-state index in [9.17, 15) is 18.0 Å². The summed E-state index contributed by atoms with van der Waals surface area (Å²) in [6.07, 6.45) is -1.79. The Morgan fingerprint density at radius 3 is 2.55 bits per heavy atom. The fourth-order valence-electron chi connectivity index (χ4n) is 3.35. The van der Waals surface area contributed by atoms with Crippen molar-refractivity contribution in [1.29, 1.82) is 0 Å². The van der Waals surface area contributed by atoms with Crippen LogP contribution in [0.2, 0.25) is 0 Å². The maximum absolute atomic E-state index is 12.9. The van der Waals surface area contributed by atoms with Crippen LogP contribution in [0.15, 0.2) is 60.1 Å². The van der Waals surface area contributed by atoms with Crippen LogP contribution in [0.5, 0.6) is 11.6 Å². The zero-order valence-corrected chi connectivity index (χ0v) is 16.0. The molecule has 1 aliphatic rings. The second-order valence-corrected chi connectivity index (χ2v) is 7.66. The predicted octanol–water partition coefficient (Wildman–Crippen LogP) is 5.93. The van der Waals surface area contributed by atoms with Gasteiger partial charge in [-0.15, -0.1) is 11.3 Å². The minimum absolute atomic E-state index is 0.0416. The van der Waals surface area contributed by atoms with Gasteiger partial charge in [-0.25, -0.2) is 4.98 Å². The van der Waals surface area contributed by atoms with Gasteiger partial charge < -0.3 is 9.64 Å². The lowest BCUT2D eigenvalue weighted by molar-refractivity contribution is -0.137. The number of rotatable bonds is 4. The molecule has 4 rings (SSSR count). The molecule has 3 heterocycles. The lowest BCUT2D eigenvalue weighted by atomic mass is 10.1. The average molecular weight is 418 g/mol. The number of amides is 1. The summed E-state index contributed by atoms with van der Waals surface area (Å²) in [5.41, 5.74) is -0.294. The molecule has 1 amide bonds. The van der Waals surface area contributed by atoms with Gasteiger partial charge in [-0.1, -0.05) is 6.07 Å². The highest BCUT2D eigenvalue weighted by Crippen LogP contribution is 2.36. The minimum Gasteiger partial charge on any atom is -0.439 e. The first-order valence-corrected chi connectivity index (χ1v) is 9.95. The smallest absolute Gasteiger partial charge is 0.417 e. The van der Waals surface area contributed by atoms with E-state index in [0.717, 1.165) is 37.7 Å². The van der Waals surface area contributed by atoms with Crippen LogP contribution in [0.3, 0.4) is 0 Å². The molecule has 29 heavy (non-hydrogen) atoms. The van der Waals surface area contributed by atoms with E-state index in [4.69, 9.17) is 4.74 Å². The van der Waals surface area contributed by atoms with Gasteiger partial charge in [0.2, 0.25) is 5.88 Å². The Kier molecular flexibility index (Phi) is 5.27. The second kappa shape index (κ2) is 7.87. The molecule has 0 bridgehead atoms. The van der Waals surface area contributed by atoms with Gasteiger partial charge in [0.15, 0.2) is 0 Å². The van der Waals surface area contributed by atoms with E-state index >= 15 is 0 Å². The molecule has 4 nitrogen and oxygen atoms in total. The summed E-state index contributed by atoms with van der Waals surface area (Å²) in [5, 5.41) is 2.01. The van der Waals surface area contributed by atoms with Gasteiger partial charge in [0.25, 0.3) is 5.91 Å². The van der Waals surface area contributed by atoms with Gasteiger partial charge in [0.1, 0.15) is 5.75 Å². The van der Waals surface area contributed by atoms with Crippen molar-refractivity contribution in [3.8, 4) is 11.6 Å². The van der Waals surface area contributed by atoms with E-state index in [-0.39, 0.29) is 17.8 Å². The third-order valence-corrected chi connectivity index (χ3v) is 5.75. The zero-order valence-electron chi connectivity index (χ0n) is 15.2. The number of thiophene rings is 1. The van der Waals surface area contributed by atoms with Crippen LogP contribution >= 0.6 is 11.3 Å². The molecule has 8 heteroatoms. The Hall–Kier alpha value is -2.87. The van der Waals surface area contributed by atoms with E-state index in [1.165, 1.54) is 4.88 Å². The summed E-state index contributed by atoms with van der Waals surface area (Å²) in [5.74, 6) is 0.402. The largest absolute Gasteiger partial charge is 0.439 e. The Morgan fingerprint density at radius 1 is 1.14 bits per heavy atom. The van der Waals surface area contributed by atoms with Crippen LogP contribution in [0.1, 0.15) is 39.7 Å². The highest BCUT2D eigenvalue weighted by molar-refractivity contribution is 7.10. The number of pyridine rings is 1. The van der Waals surface area contributed by atoms with Crippen molar-refractivity contribution < 1.29 is 22.7 Å². The van der Waals surface area contributed by atoms with E-state index in [2.05, 4.69) is 11.1 Å². The monoisotopic (exact) mass is 418 g/mol. The fraction of sp³-hybridized carbons (Fsp3) is 0.238. The molecule has 3 aromatic rings. The fourth-order valence-corrected chi connectivity index (χ4v) is 4.22. The molecule has 1 fully saturated rings. The standard InChI is InChI=1S/C21H17F3N2O2S/c22-21(23,24)15-7-10-19(25-13-15)28-16-8-5-14(6-9-16)20(27)26-11-1-3-17(26)18-4-2-12-29-18/h2,4-10,12-13,17H,1,3,11H2. The van der Waals surface area contributed by atoms with Gasteiger partial charge in [-0.3, -0.25) is 4.79 Å². The van der Waals surface area contributed by atoms with Crippen molar-refractivity contribution in [2.24, 2.45) is 0 Å². The molecule has 1 atom stereocenters. The van der Waals surface area contributed by atoms with Gasteiger partial charge in [0.05, 0.1) is 11.6 Å². The number of nitrogens with zero attached hydrogens (tertiary/aromatic N) is 2. The van der Waals surface area contributed by atoms with Crippen LogP contribution in [0, 0.1) is 0 Å². The molecule has 1 aliphatic heterocycles. The molecule has 0 spiro atoms. The first kappa shape index (κ1) is 19.4. The summed E-state index contributed by atoms with van der Waals surface area (Å²) >= 11 is 1.65. The number of ether oxygens (including phenoxy) is 1. The SMILES string of the molecule is O=C(c1ccc(Oc2ccc(C(F)(F)F)cn2)cc1)N1CCCC1c1cccs1. The Balaban J connectivity index is 1.44. The topological polar surface area (TPSA) is 42.4 Å². The van der Waals surface area contributed by atoms with Gasteiger partial charge in [-0.05, 0) is 54.6 Å². The van der Waals surface area contributed by atoms with Crippen LogP contribution in [0.4, 0.5) is 13.2 Å². The van der Waals surface area contributed by atoms with Crippen molar-refractivity contribution in [2.75, 3.05) is 6.54 Å². The molecule has 0 radical (unpaired) electrons. The van der Waals surface area contributed by atoms with Crippen molar-refractivity contribution in [3.05, 3.63) is 76.1 Å². The number of carbonyl (C=O) groups excluding carboxylic acids is 1. The normalized spacial score (nSPS) is 16.8. The van der Waals surface area contributed by atoms with E-state index in [0.29, 0.717) is 11.3 Å². The number of benzene rings is 1. The van der Waals surface area contributed by atoms with Crippen molar-refractivity contribution >= 4 is 17.2 Å². The maximum Gasteiger partial charge on any atom is 0.417 e. The molecule has 0 aliphatic carbocycles. The van der Waals surface area contributed by atoms with Crippen LogP contribution in [0.25, 0.3) is 0 Å². The van der Waals surface area contributed by atoms with Crippen molar-refractivity contribution in [2.45, 2.75) is 25.1 Å². The summed E-state index contributed by atoms with van der Waals surface area (Å²) in [7, 11) is 0. The molecular weight excluding hydrogens is 401 g/mol. The highest BCUT2D eigenvalue weighted by atomic mass is 32.1. The second-order valence-electron chi connectivity index (χ2n) is 6.68. The Bertz CT molecular complexity index is 971. The van der Waals surface area contributed by atoms with Crippen LogP contribution in [-0.2, 0) is 6.18 Å². The van der Waals surface area contributed by atoms with Gasteiger partial charge in [0, 0.05) is 29.2 Å². The quantitative estimate of drug-likeness (QED) is 0.527. The van der Waals surface area contributed by atoms with Crippen molar-refractivity contribution in [1.82, 2.24) is 9.88 Å². The molecule has 1 aromatic carbocycles. The lowest BCUT2D eigenvalue weighted by Gasteiger charge is -2.24. The molecule has 150 valence electrons. The minimum atomic E-state index is -4.44. The first-order valence-electron chi connectivity index (χ1n) is 9.07. The molecular formula is C21H17F3N2O2S. The maximum atomic E-state index is 12.9. The summed E-state index contributed by atoms with van der Waals surface area (Å²) in [6, 6.07) is 12.8. The molecule has 0 saturated carbocycles. The molecule has 1 saturated heterocycles. The van der Waals surface area contributed by atoms with E-state index in [1.54, 1.807) is 35.6 Å². The number of hydrogen-bond acceptors (Lipinski definition) is 4. The van der Waals surface area contributed by atoms with Gasteiger partial charge >= 0.3 is 6.18 Å². The predicted molar refractivity (Wildman–Crippen MR) is 103 cm³/mol. The van der Waals surface area contributed by atoms with Crippen LogP contribution in [-0.4, -0.2) is 22.3 Å². The zero-order chi connectivity index (χ0) is 20.4.